The third kappa shape index (κ3) is 4.55. The van der Waals surface area contributed by atoms with Gasteiger partial charge in [0.05, 0.1) is 11.6 Å². The summed E-state index contributed by atoms with van der Waals surface area (Å²) in [6, 6.07) is 14.2. The summed E-state index contributed by atoms with van der Waals surface area (Å²) in [6.07, 6.45) is 0.576. The number of rotatable bonds is 7. The summed E-state index contributed by atoms with van der Waals surface area (Å²) in [5.41, 5.74) is 2.44. The molecule has 34 heavy (non-hydrogen) atoms. The Morgan fingerprint density at radius 1 is 1.15 bits per heavy atom. The maximum atomic E-state index is 13.6. The van der Waals surface area contributed by atoms with Crippen LogP contribution in [0.25, 0.3) is 11.0 Å². The molecular weight excluding hydrogens is 498 g/mol. The second-order valence-electron chi connectivity index (χ2n) is 9.50. The zero-order chi connectivity index (χ0) is 24.6. The van der Waals surface area contributed by atoms with Crippen molar-refractivity contribution >= 4 is 38.6 Å². The van der Waals surface area contributed by atoms with E-state index < -0.39 is 23.5 Å². The van der Waals surface area contributed by atoms with Crippen LogP contribution in [0.4, 0.5) is 0 Å². The van der Waals surface area contributed by atoms with Crippen molar-refractivity contribution in [1.29, 1.82) is 0 Å². The highest BCUT2D eigenvalue weighted by atomic mass is 79.9. The van der Waals surface area contributed by atoms with E-state index in [2.05, 4.69) is 36.7 Å². The summed E-state index contributed by atoms with van der Waals surface area (Å²) in [5, 5.41) is 11.6. The number of aliphatic hydroxyl groups is 1. The third-order valence-corrected chi connectivity index (χ3v) is 6.58. The second kappa shape index (κ2) is 9.39. The largest absolute Gasteiger partial charge is 0.503 e. The Kier molecular flexibility index (Phi) is 6.69. The monoisotopic (exact) mass is 525 g/mol. The average Bonchev–Trinajstić information content (AvgIpc) is 3.32. The summed E-state index contributed by atoms with van der Waals surface area (Å²) in [4.78, 5) is 28.2. The fraction of sp³-hybridized carbons (Fsp3) is 0.333. The Morgan fingerprint density at radius 2 is 1.85 bits per heavy atom. The van der Waals surface area contributed by atoms with Gasteiger partial charge in [-0.3, -0.25) is 9.59 Å². The van der Waals surface area contributed by atoms with Crippen molar-refractivity contribution in [3.05, 3.63) is 81.2 Å². The lowest BCUT2D eigenvalue weighted by Crippen LogP contribution is -2.32. The van der Waals surface area contributed by atoms with Gasteiger partial charge in [-0.05, 0) is 47.2 Å². The average molecular weight is 526 g/mol. The molecule has 0 spiro atoms. The normalized spacial score (nSPS) is 16.7. The molecule has 178 valence electrons. The number of nitrogens with zero attached hydrogens (tertiary/aromatic N) is 1. The quantitative estimate of drug-likeness (QED) is 0.297. The van der Waals surface area contributed by atoms with Gasteiger partial charge in [0.1, 0.15) is 5.58 Å². The number of ether oxygens (including phenoxy) is 1. The number of amides is 1. The van der Waals surface area contributed by atoms with Crippen molar-refractivity contribution in [3.8, 4) is 0 Å². The zero-order valence-corrected chi connectivity index (χ0v) is 21.3. The maximum Gasteiger partial charge on any atom is 0.290 e. The SMILES string of the molecule is COCCCN1C(=O)C(O)=C(C(=O)c2cc3cc(Br)ccc3o2)C1c1ccc(C(C)(C)C)cc1. The molecule has 6 nitrogen and oxygen atoms in total. The van der Waals surface area contributed by atoms with E-state index in [1.165, 1.54) is 4.90 Å². The van der Waals surface area contributed by atoms with Gasteiger partial charge < -0.3 is 19.2 Å². The Balaban J connectivity index is 1.77. The van der Waals surface area contributed by atoms with Gasteiger partial charge in [-0.2, -0.15) is 0 Å². The molecule has 1 aromatic heterocycles. The number of Topliss-reactive ketones (excluding diaryl/α,β-unsaturated/α-hetero) is 1. The van der Waals surface area contributed by atoms with Gasteiger partial charge in [-0.15, -0.1) is 0 Å². The molecule has 1 aliphatic rings. The zero-order valence-electron chi connectivity index (χ0n) is 19.7. The van der Waals surface area contributed by atoms with Crippen LogP contribution in [0.3, 0.4) is 0 Å². The maximum absolute atomic E-state index is 13.6. The van der Waals surface area contributed by atoms with E-state index in [0.717, 1.165) is 21.0 Å². The Bertz CT molecular complexity index is 1270. The highest BCUT2D eigenvalue weighted by molar-refractivity contribution is 9.10. The lowest BCUT2D eigenvalue weighted by molar-refractivity contribution is -0.129. The van der Waals surface area contributed by atoms with Crippen molar-refractivity contribution in [2.45, 2.75) is 38.6 Å². The number of ketones is 1. The fourth-order valence-corrected chi connectivity index (χ4v) is 4.65. The van der Waals surface area contributed by atoms with E-state index in [1.807, 2.05) is 36.4 Å². The molecule has 0 radical (unpaired) electrons. The molecule has 0 bridgehead atoms. The van der Waals surface area contributed by atoms with E-state index >= 15 is 0 Å². The minimum atomic E-state index is -0.717. The Hall–Kier alpha value is -2.90. The van der Waals surface area contributed by atoms with E-state index in [9.17, 15) is 14.7 Å². The molecule has 0 fully saturated rings. The van der Waals surface area contributed by atoms with Crippen LogP contribution in [0.15, 0.2) is 68.8 Å². The van der Waals surface area contributed by atoms with E-state index in [1.54, 1.807) is 19.2 Å². The van der Waals surface area contributed by atoms with Crippen molar-refractivity contribution in [2.24, 2.45) is 0 Å². The summed E-state index contributed by atoms with van der Waals surface area (Å²) in [5.74, 6) is -1.52. The van der Waals surface area contributed by atoms with Crippen LogP contribution in [0, 0.1) is 0 Å². The molecule has 4 rings (SSSR count). The number of aliphatic hydroxyl groups excluding tert-OH is 1. The summed E-state index contributed by atoms with van der Waals surface area (Å²) < 4.78 is 11.8. The summed E-state index contributed by atoms with van der Waals surface area (Å²) in [7, 11) is 1.60. The van der Waals surface area contributed by atoms with E-state index in [4.69, 9.17) is 9.15 Å². The lowest BCUT2D eigenvalue weighted by atomic mass is 9.85. The van der Waals surface area contributed by atoms with Crippen LogP contribution in [0.5, 0.6) is 0 Å². The lowest BCUT2D eigenvalue weighted by Gasteiger charge is -2.27. The predicted molar refractivity (Wildman–Crippen MR) is 134 cm³/mol. The molecule has 1 atom stereocenters. The number of furan rings is 1. The fourth-order valence-electron chi connectivity index (χ4n) is 4.27. The smallest absolute Gasteiger partial charge is 0.290 e. The molecule has 2 heterocycles. The first-order valence-corrected chi connectivity index (χ1v) is 12.0. The standard InChI is InChI=1S/C27H28BrNO5/c1-27(2,3)18-8-6-16(7-9-18)23-22(25(31)26(32)29(23)12-5-13-33-4)24(30)21-15-17-14-19(28)10-11-20(17)34-21/h6-11,14-15,23,31H,5,12-13H2,1-4H3. The molecule has 1 unspecified atom stereocenters. The van der Waals surface area contributed by atoms with Crippen LogP contribution < -0.4 is 0 Å². The van der Waals surface area contributed by atoms with Gasteiger partial charge in [0.25, 0.3) is 5.91 Å². The number of fused-ring (bicyclic) bond motifs is 1. The molecule has 1 amide bonds. The van der Waals surface area contributed by atoms with Crippen molar-refractivity contribution in [1.82, 2.24) is 4.90 Å². The molecule has 1 aliphatic heterocycles. The molecule has 0 saturated heterocycles. The molecule has 0 saturated carbocycles. The first-order valence-electron chi connectivity index (χ1n) is 11.2. The molecule has 2 aromatic carbocycles. The van der Waals surface area contributed by atoms with Gasteiger partial charge in [-0.1, -0.05) is 61.0 Å². The number of hydrogen-bond acceptors (Lipinski definition) is 5. The van der Waals surface area contributed by atoms with Gasteiger partial charge in [0, 0.05) is 30.1 Å². The second-order valence-corrected chi connectivity index (χ2v) is 10.4. The molecule has 7 heteroatoms. The van der Waals surface area contributed by atoms with Gasteiger partial charge in [-0.25, -0.2) is 0 Å². The molecule has 3 aromatic rings. The van der Waals surface area contributed by atoms with Crippen LogP contribution in [0.2, 0.25) is 0 Å². The number of methoxy groups -OCH3 is 1. The van der Waals surface area contributed by atoms with E-state index in [-0.39, 0.29) is 16.7 Å². The van der Waals surface area contributed by atoms with E-state index in [0.29, 0.717) is 25.2 Å². The van der Waals surface area contributed by atoms with Gasteiger partial charge in [0.15, 0.2) is 11.5 Å². The third-order valence-electron chi connectivity index (χ3n) is 6.09. The number of hydrogen-bond donors (Lipinski definition) is 1. The minimum Gasteiger partial charge on any atom is -0.503 e. The highest BCUT2D eigenvalue weighted by Gasteiger charge is 2.44. The number of carbonyl (C=O) groups is 2. The summed E-state index contributed by atoms with van der Waals surface area (Å²) >= 11 is 3.42. The van der Waals surface area contributed by atoms with Crippen molar-refractivity contribution in [3.63, 3.8) is 0 Å². The van der Waals surface area contributed by atoms with Crippen LogP contribution in [0.1, 0.15) is 54.9 Å². The minimum absolute atomic E-state index is 0.0315. The topological polar surface area (TPSA) is 80.0 Å². The number of carbonyl (C=O) groups excluding carboxylic acids is 2. The first-order chi connectivity index (χ1) is 16.1. The molecule has 0 aliphatic carbocycles. The molecular formula is C27H28BrNO5. The predicted octanol–water partition coefficient (Wildman–Crippen LogP) is 6.11. The van der Waals surface area contributed by atoms with Crippen molar-refractivity contribution < 1.29 is 23.8 Å². The van der Waals surface area contributed by atoms with Crippen LogP contribution in [-0.2, 0) is 14.9 Å². The number of benzene rings is 2. The first kappa shape index (κ1) is 24.2. The highest BCUT2D eigenvalue weighted by Crippen LogP contribution is 2.40. The van der Waals surface area contributed by atoms with Gasteiger partial charge >= 0.3 is 0 Å². The number of halogens is 1. The van der Waals surface area contributed by atoms with Gasteiger partial charge in [0.2, 0.25) is 5.78 Å². The Labute approximate surface area is 207 Å². The Morgan fingerprint density at radius 3 is 2.50 bits per heavy atom. The molecule has 1 N–H and O–H groups in total. The van der Waals surface area contributed by atoms with Crippen LogP contribution >= 0.6 is 15.9 Å². The van der Waals surface area contributed by atoms with Crippen molar-refractivity contribution in [2.75, 3.05) is 20.3 Å². The van der Waals surface area contributed by atoms with Crippen LogP contribution in [-0.4, -0.2) is 42.0 Å². The summed E-state index contributed by atoms with van der Waals surface area (Å²) in [6.45, 7) is 7.17.